The summed E-state index contributed by atoms with van der Waals surface area (Å²) in [5.41, 5.74) is 1.96. The van der Waals surface area contributed by atoms with Gasteiger partial charge in [-0.1, -0.05) is 36.4 Å². The van der Waals surface area contributed by atoms with Gasteiger partial charge in [0.2, 0.25) is 15.9 Å². The molecule has 0 saturated heterocycles. The van der Waals surface area contributed by atoms with E-state index in [-0.39, 0.29) is 29.5 Å². The number of rotatable bonds is 9. The maximum absolute atomic E-state index is 12.8. The van der Waals surface area contributed by atoms with Crippen molar-refractivity contribution in [1.29, 1.82) is 0 Å². The lowest BCUT2D eigenvalue weighted by molar-refractivity contribution is -0.116. The van der Waals surface area contributed by atoms with Crippen LogP contribution in [0.3, 0.4) is 0 Å². The van der Waals surface area contributed by atoms with E-state index in [0.29, 0.717) is 22.9 Å². The van der Waals surface area contributed by atoms with Crippen LogP contribution in [0.15, 0.2) is 58.8 Å². The van der Waals surface area contributed by atoms with Crippen molar-refractivity contribution in [3.05, 3.63) is 76.3 Å². The van der Waals surface area contributed by atoms with Gasteiger partial charge in [0.15, 0.2) is 5.13 Å². The molecule has 0 radical (unpaired) electrons. The van der Waals surface area contributed by atoms with E-state index in [1.165, 1.54) is 35.3 Å². The van der Waals surface area contributed by atoms with Crippen LogP contribution in [0.2, 0.25) is 0 Å². The number of aryl methyl sites for hydroxylation is 1. The fraction of sp³-hybridized carbons (Fsp3) is 0.261. The van der Waals surface area contributed by atoms with Crippen molar-refractivity contribution in [3.8, 4) is 0 Å². The fourth-order valence-corrected chi connectivity index (χ4v) is 5.27. The third-order valence-electron chi connectivity index (χ3n) is 4.84. The maximum atomic E-state index is 12.8. The number of hydrogen-bond donors (Lipinski definition) is 1. The summed E-state index contributed by atoms with van der Waals surface area (Å²) in [7, 11) is -3.84. The number of nitrogens with one attached hydrogen (secondary N) is 1. The molecule has 0 aliphatic rings. The van der Waals surface area contributed by atoms with Crippen molar-refractivity contribution in [2.75, 3.05) is 11.4 Å². The van der Waals surface area contributed by atoms with Crippen LogP contribution < -0.4 is 9.62 Å². The third kappa shape index (κ3) is 6.25. The molecule has 0 bridgehead atoms. The Bertz CT molecular complexity index is 1240. The molecular weight excluding hydrogens is 462 g/mol. The Labute approximate surface area is 197 Å². The molecular formula is C23H25N3O5S2. The highest BCUT2D eigenvalue weighted by molar-refractivity contribution is 7.89. The number of esters is 1. The molecule has 33 heavy (non-hydrogen) atoms. The van der Waals surface area contributed by atoms with Gasteiger partial charge >= 0.3 is 5.97 Å². The molecule has 3 aromatic rings. The maximum Gasteiger partial charge on any atom is 0.338 e. The first-order valence-corrected chi connectivity index (χ1v) is 12.6. The van der Waals surface area contributed by atoms with Gasteiger partial charge < -0.3 is 4.74 Å². The molecule has 8 nitrogen and oxygen atoms in total. The van der Waals surface area contributed by atoms with Gasteiger partial charge in [0.1, 0.15) is 6.61 Å². The fourth-order valence-electron chi connectivity index (χ4n) is 3.07. The lowest BCUT2D eigenvalue weighted by Crippen LogP contribution is -2.27. The summed E-state index contributed by atoms with van der Waals surface area (Å²) in [5, 5.41) is 2.25. The molecule has 1 N–H and O–H groups in total. The van der Waals surface area contributed by atoms with Crippen LogP contribution in [0.25, 0.3) is 0 Å². The van der Waals surface area contributed by atoms with E-state index in [1.807, 2.05) is 37.3 Å². The highest BCUT2D eigenvalue weighted by Crippen LogP contribution is 2.22. The van der Waals surface area contributed by atoms with Crippen LogP contribution in [0.4, 0.5) is 5.13 Å². The number of carbonyl (C=O) groups is 2. The minimum atomic E-state index is -3.84. The zero-order chi connectivity index (χ0) is 24.0. The van der Waals surface area contributed by atoms with Crippen molar-refractivity contribution >= 4 is 38.4 Å². The van der Waals surface area contributed by atoms with Crippen LogP contribution >= 0.6 is 11.3 Å². The molecule has 0 saturated carbocycles. The topological polar surface area (TPSA) is 106 Å². The summed E-state index contributed by atoms with van der Waals surface area (Å²) in [6.45, 7) is 5.51. The zero-order valence-corrected chi connectivity index (χ0v) is 20.2. The highest BCUT2D eigenvalue weighted by Gasteiger charge is 2.20. The number of ether oxygens (including phenoxy) is 1. The predicted octanol–water partition coefficient (Wildman–Crippen LogP) is 3.66. The average Bonchev–Trinajstić information content (AvgIpc) is 3.26. The highest BCUT2D eigenvalue weighted by atomic mass is 32.2. The Hall–Kier alpha value is -3.08. The minimum Gasteiger partial charge on any atom is -0.456 e. The molecule has 1 heterocycles. The number of carbonyl (C=O) groups excluding carboxylic acids is 2. The average molecular weight is 488 g/mol. The van der Waals surface area contributed by atoms with Gasteiger partial charge in [0.25, 0.3) is 0 Å². The third-order valence-corrected chi connectivity index (χ3v) is 7.30. The van der Waals surface area contributed by atoms with E-state index in [9.17, 15) is 18.0 Å². The van der Waals surface area contributed by atoms with Gasteiger partial charge in [-0.25, -0.2) is 22.9 Å². The Morgan fingerprint density at radius 1 is 1.15 bits per heavy atom. The summed E-state index contributed by atoms with van der Waals surface area (Å²) in [4.78, 5) is 30.1. The van der Waals surface area contributed by atoms with Crippen LogP contribution in [-0.2, 0) is 32.7 Å². The minimum absolute atomic E-state index is 0.0175. The molecule has 1 aromatic heterocycles. The molecule has 0 aliphatic carbocycles. The summed E-state index contributed by atoms with van der Waals surface area (Å²) < 4.78 is 33.5. The first kappa shape index (κ1) is 24.6. The quantitative estimate of drug-likeness (QED) is 0.462. The van der Waals surface area contributed by atoms with Gasteiger partial charge in [-0.3, -0.25) is 9.69 Å². The Morgan fingerprint density at radius 3 is 2.55 bits per heavy atom. The monoisotopic (exact) mass is 487 g/mol. The molecule has 10 heteroatoms. The van der Waals surface area contributed by atoms with Gasteiger partial charge in [0.05, 0.1) is 16.2 Å². The SMILES string of the molecule is CCN(C(C)=O)c1nc(COC(=O)c2ccc(C)c(S(=O)(=O)NCc3ccccc3)c2)cs1. The number of amides is 1. The van der Waals surface area contributed by atoms with E-state index in [1.54, 1.807) is 18.4 Å². The van der Waals surface area contributed by atoms with Gasteiger partial charge in [0, 0.05) is 25.4 Å². The summed E-state index contributed by atoms with van der Waals surface area (Å²) >= 11 is 1.28. The van der Waals surface area contributed by atoms with E-state index >= 15 is 0 Å². The van der Waals surface area contributed by atoms with Gasteiger partial charge in [-0.05, 0) is 37.1 Å². The first-order valence-electron chi connectivity index (χ1n) is 10.2. The normalized spacial score (nSPS) is 11.2. The Kier molecular flexibility index (Phi) is 7.96. The smallest absolute Gasteiger partial charge is 0.338 e. The molecule has 0 unspecified atom stereocenters. The number of benzene rings is 2. The van der Waals surface area contributed by atoms with Crippen molar-refractivity contribution in [2.45, 2.75) is 38.8 Å². The van der Waals surface area contributed by atoms with Crippen LogP contribution in [-0.4, -0.2) is 31.8 Å². The summed E-state index contributed by atoms with van der Waals surface area (Å²) in [6.07, 6.45) is 0. The van der Waals surface area contributed by atoms with Crippen LogP contribution in [0.5, 0.6) is 0 Å². The van der Waals surface area contributed by atoms with E-state index in [2.05, 4.69) is 9.71 Å². The van der Waals surface area contributed by atoms with E-state index in [4.69, 9.17) is 4.74 Å². The molecule has 0 aliphatic heterocycles. The number of anilines is 1. The molecule has 0 fully saturated rings. The predicted molar refractivity (Wildman–Crippen MR) is 127 cm³/mol. The lowest BCUT2D eigenvalue weighted by Gasteiger charge is -2.14. The Balaban J connectivity index is 1.69. The number of aromatic nitrogens is 1. The van der Waals surface area contributed by atoms with Gasteiger partial charge in [-0.2, -0.15) is 0 Å². The number of nitrogens with zero attached hydrogens (tertiary/aromatic N) is 2. The number of thiazole rings is 1. The molecule has 2 aromatic carbocycles. The second-order valence-corrected chi connectivity index (χ2v) is 9.82. The Morgan fingerprint density at radius 2 is 1.88 bits per heavy atom. The largest absolute Gasteiger partial charge is 0.456 e. The van der Waals surface area contributed by atoms with E-state index < -0.39 is 16.0 Å². The van der Waals surface area contributed by atoms with Crippen molar-refractivity contribution in [3.63, 3.8) is 0 Å². The molecule has 0 spiro atoms. The van der Waals surface area contributed by atoms with Crippen molar-refractivity contribution in [1.82, 2.24) is 9.71 Å². The van der Waals surface area contributed by atoms with Gasteiger partial charge in [-0.15, -0.1) is 11.3 Å². The second kappa shape index (κ2) is 10.7. The summed E-state index contributed by atoms with van der Waals surface area (Å²) in [6, 6.07) is 13.6. The summed E-state index contributed by atoms with van der Waals surface area (Å²) in [5.74, 6) is -0.785. The van der Waals surface area contributed by atoms with Crippen LogP contribution in [0, 0.1) is 6.92 Å². The van der Waals surface area contributed by atoms with E-state index in [0.717, 1.165) is 5.56 Å². The molecule has 3 rings (SSSR count). The van der Waals surface area contributed by atoms with Crippen LogP contribution in [0.1, 0.15) is 41.0 Å². The first-order chi connectivity index (χ1) is 15.7. The second-order valence-electron chi connectivity index (χ2n) is 7.25. The van der Waals surface area contributed by atoms with Crippen molar-refractivity contribution < 1.29 is 22.7 Å². The number of sulfonamides is 1. The molecule has 0 atom stereocenters. The zero-order valence-electron chi connectivity index (χ0n) is 18.6. The lowest BCUT2D eigenvalue weighted by atomic mass is 10.1. The molecule has 1 amide bonds. The standard InChI is InChI=1S/C23H25N3O5S2/c1-4-26(17(3)27)23-25-20(15-32-23)14-31-22(28)19-11-10-16(2)21(12-19)33(29,30)24-13-18-8-6-5-7-9-18/h5-12,15,24H,4,13-14H2,1-3H3. The number of hydrogen-bond acceptors (Lipinski definition) is 7. The molecule has 174 valence electrons. The van der Waals surface area contributed by atoms with Crippen molar-refractivity contribution in [2.24, 2.45) is 0 Å².